The second-order valence-electron chi connectivity index (χ2n) is 4.63. The van der Waals surface area contributed by atoms with E-state index in [1.54, 1.807) is 0 Å². The molecule has 2 rings (SSSR count). The van der Waals surface area contributed by atoms with Crippen LogP contribution in [0.2, 0.25) is 0 Å². The molecular weight excluding hydrogens is 257 g/mol. The number of hydrogen-bond donors (Lipinski definition) is 2. The van der Waals surface area contributed by atoms with Gasteiger partial charge in [-0.25, -0.2) is 13.2 Å². The molecule has 1 saturated carbocycles. The summed E-state index contributed by atoms with van der Waals surface area (Å²) in [6.45, 7) is -0.168. The minimum atomic E-state index is -1.54. The van der Waals surface area contributed by atoms with E-state index in [4.69, 9.17) is 0 Å². The lowest BCUT2D eigenvalue weighted by Crippen LogP contribution is -2.36. The zero-order valence-corrected chi connectivity index (χ0v) is 10.3. The number of benzene rings is 1. The third-order valence-corrected chi connectivity index (χ3v) is 3.19. The lowest BCUT2D eigenvalue weighted by atomic mass is 10.2. The summed E-state index contributed by atoms with van der Waals surface area (Å²) in [6.07, 6.45) is 4.09. The Hall–Kier alpha value is -1.72. The van der Waals surface area contributed by atoms with E-state index in [9.17, 15) is 18.0 Å². The van der Waals surface area contributed by atoms with Gasteiger partial charge in [0.25, 0.3) is 0 Å². The molecule has 0 heterocycles. The highest BCUT2D eigenvalue weighted by molar-refractivity contribution is 5.81. The lowest BCUT2D eigenvalue weighted by Gasteiger charge is -2.13. The zero-order valence-electron chi connectivity index (χ0n) is 10.3. The number of amides is 1. The molecule has 19 heavy (non-hydrogen) atoms. The molecular formula is C13H15F3N2O. The van der Waals surface area contributed by atoms with Gasteiger partial charge in [0.2, 0.25) is 5.91 Å². The Labute approximate surface area is 109 Å². The Morgan fingerprint density at radius 2 is 1.84 bits per heavy atom. The molecule has 0 unspecified atom stereocenters. The number of halogens is 3. The summed E-state index contributed by atoms with van der Waals surface area (Å²) in [4.78, 5) is 11.6. The third-order valence-electron chi connectivity index (χ3n) is 3.19. The molecule has 0 bridgehead atoms. The molecule has 104 valence electrons. The maximum atomic E-state index is 13.3. The van der Waals surface area contributed by atoms with E-state index in [1.807, 2.05) is 0 Å². The van der Waals surface area contributed by atoms with Crippen LogP contribution in [0.15, 0.2) is 12.1 Å². The SMILES string of the molecule is O=C(CNc1ccc(F)c(F)c1F)NC1CCCC1. The van der Waals surface area contributed by atoms with E-state index in [0.29, 0.717) is 0 Å². The number of nitrogens with one attached hydrogen (secondary N) is 2. The summed E-state index contributed by atoms with van der Waals surface area (Å²) < 4.78 is 39.0. The fraction of sp³-hybridized carbons (Fsp3) is 0.462. The predicted molar refractivity (Wildman–Crippen MR) is 65.2 cm³/mol. The Kier molecular flexibility index (Phi) is 4.29. The van der Waals surface area contributed by atoms with Crippen LogP contribution in [0.5, 0.6) is 0 Å². The van der Waals surface area contributed by atoms with Gasteiger partial charge in [0.1, 0.15) is 0 Å². The van der Waals surface area contributed by atoms with Gasteiger partial charge in [0.15, 0.2) is 17.5 Å². The molecule has 0 saturated heterocycles. The van der Waals surface area contributed by atoms with Crippen molar-refractivity contribution in [2.45, 2.75) is 31.7 Å². The van der Waals surface area contributed by atoms with Gasteiger partial charge >= 0.3 is 0 Å². The molecule has 1 aromatic rings. The highest BCUT2D eigenvalue weighted by Crippen LogP contribution is 2.20. The van der Waals surface area contributed by atoms with E-state index in [0.717, 1.165) is 37.8 Å². The Bertz CT molecular complexity index is 473. The number of carbonyl (C=O) groups is 1. The fourth-order valence-corrected chi connectivity index (χ4v) is 2.19. The first kappa shape index (κ1) is 13.7. The predicted octanol–water partition coefficient (Wildman–Crippen LogP) is 2.57. The zero-order chi connectivity index (χ0) is 13.8. The van der Waals surface area contributed by atoms with Gasteiger partial charge in [0, 0.05) is 6.04 Å². The Morgan fingerprint density at radius 3 is 2.53 bits per heavy atom. The van der Waals surface area contributed by atoms with Gasteiger partial charge in [-0.05, 0) is 25.0 Å². The summed E-state index contributed by atoms with van der Waals surface area (Å²) in [5.41, 5.74) is -0.222. The standard InChI is InChI=1S/C13H15F3N2O/c14-9-5-6-10(13(16)12(9)15)17-7-11(19)18-8-3-1-2-4-8/h5-6,8,17H,1-4,7H2,(H,18,19). The maximum absolute atomic E-state index is 13.3. The molecule has 3 nitrogen and oxygen atoms in total. The highest BCUT2D eigenvalue weighted by atomic mass is 19.2. The first-order valence-corrected chi connectivity index (χ1v) is 6.24. The van der Waals surface area contributed by atoms with Crippen molar-refractivity contribution in [3.8, 4) is 0 Å². The first-order chi connectivity index (χ1) is 9.08. The summed E-state index contributed by atoms with van der Waals surface area (Å²) in [5, 5.41) is 5.26. The van der Waals surface area contributed by atoms with Crippen LogP contribution in [0.3, 0.4) is 0 Å². The van der Waals surface area contributed by atoms with Gasteiger partial charge in [-0.2, -0.15) is 0 Å². The fourth-order valence-electron chi connectivity index (χ4n) is 2.19. The molecule has 1 aliphatic carbocycles. The second-order valence-corrected chi connectivity index (χ2v) is 4.63. The van der Waals surface area contributed by atoms with Crippen LogP contribution < -0.4 is 10.6 Å². The third kappa shape index (κ3) is 3.39. The largest absolute Gasteiger partial charge is 0.374 e. The Balaban J connectivity index is 1.88. The topological polar surface area (TPSA) is 41.1 Å². The molecule has 1 amide bonds. The number of hydrogen-bond acceptors (Lipinski definition) is 2. The summed E-state index contributed by atoms with van der Waals surface area (Å²) in [5.74, 6) is -4.38. The van der Waals surface area contributed by atoms with E-state index < -0.39 is 17.5 Å². The van der Waals surface area contributed by atoms with Crippen molar-refractivity contribution in [1.29, 1.82) is 0 Å². The molecule has 6 heteroatoms. The molecule has 0 spiro atoms. The van der Waals surface area contributed by atoms with Crippen LogP contribution >= 0.6 is 0 Å². The van der Waals surface area contributed by atoms with E-state index in [1.165, 1.54) is 0 Å². The van der Waals surface area contributed by atoms with Crippen molar-refractivity contribution in [3.63, 3.8) is 0 Å². The molecule has 0 aromatic heterocycles. The van der Waals surface area contributed by atoms with E-state index >= 15 is 0 Å². The van der Waals surface area contributed by atoms with Crippen LogP contribution in [0.4, 0.5) is 18.9 Å². The van der Waals surface area contributed by atoms with Gasteiger partial charge in [-0.15, -0.1) is 0 Å². The normalized spacial score (nSPS) is 15.5. The average molecular weight is 272 g/mol. The van der Waals surface area contributed by atoms with E-state index in [2.05, 4.69) is 10.6 Å². The van der Waals surface area contributed by atoms with Gasteiger partial charge in [-0.1, -0.05) is 12.8 Å². The van der Waals surface area contributed by atoms with Crippen molar-refractivity contribution in [1.82, 2.24) is 5.32 Å². The number of rotatable bonds is 4. The first-order valence-electron chi connectivity index (χ1n) is 6.24. The Morgan fingerprint density at radius 1 is 1.16 bits per heavy atom. The minimum Gasteiger partial charge on any atom is -0.374 e. The van der Waals surface area contributed by atoms with Crippen molar-refractivity contribution < 1.29 is 18.0 Å². The molecule has 0 radical (unpaired) electrons. The van der Waals surface area contributed by atoms with Crippen LogP contribution in [0.1, 0.15) is 25.7 Å². The number of anilines is 1. The van der Waals surface area contributed by atoms with Crippen LogP contribution in [0, 0.1) is 17.5 Å². The van der Waals surface area contributed by atoms with Crippen molar-refractivity contribution >= 4 is 11.6 Å². The monoisotopic (exact) mass is 272 g/mol. The second kappa shape index (κ2) is 5.95. The molecule has 0 atom stereocenters. The quantitative estimate of drug-likeness (QED) is 0.827. The highest BCUT2D eigenvalue weighted by Gasteiger charge is 2.18. The van der Waals surface area contributed by atoms with Crippen LogP contribution in [-0.2, 0) is 4.79 Å². The number of carbonyl (C=O) groups excluding carboxylic acids is 1. The van der Waals surface area contributed by atoms with Crippen molar-refractivity contribution in [2.75, 3.05) is 11.9 Å². The van der Waals surface area contributed by atoms with Gasteiger partial charge < -0.3 is 10.6 Å². The van der Waals surface area contributed by atoms with Crippen LogP contribution in [-0.4, -0.2) is 18.5 Å². The van der Waals surface area contributed by atoms with E-state index in [-0.39, 0.29) is 24.2 Å². The molecule has 2 N–H and O–H groups in total. The average Bonchev–Trinajstić information content (AvgIpc) is 2.88. The van der Waals surface area contributed by atoms with Crippen molar-refractivity contribution in [2.24, 2.45) is 0 Å². The smallest absolute Gasteiger partial charge is 0.239 e. The maximum Gasteiger partial charge on any atom is 0.239 e. The van der Waals surface area contributed by atoms with Crippen LogP contribution in [0.25, 0.3) is 0 Å². The summed E-state index contributed by atoms with van der Waals surface area (Å²) in [6, 6.07) is 2.05. The lowest BCUT2D eigenvalue weighted by molar-refractivity contribution is -0.120. The van der Waals surface area contributed by atoms with Gasteiger partial charge in [-0.3, -0.25) is 4.79 Å². The van der Waals surface area contributed by atoms with Gasteiger partial charge in [0.05, 0.1) is 12.2 Å². The summed E-state index contributed by atoms with van der Waals surface area (Å²) in [7, 11) is 0. The molecule has 0 aliphatic heterocycles. The van der Waals surface area contributed by atoms with Crippen molar-refractivity contribution in [3.05, 3.63) is 29.6 Å². The summed E-state index contributed by atoms with van der Waals surface area (Å²) >= 11 is 0. The molecule has 1 aliphatic rings. The minimum absolute atomic E-state index is 0.168. The molecule has 1 fully saturated rings. The molecule has 1 aromatic carbocycles.